The van der Waals surface area contributed by atoms with Crippen molar-refractivity contribution in [2.75, 3.05) is 13.7 Å². The first-order valence-electron chi connectivity index (χ1n) is 5.14. The Morgan fingerprint density at radius 1 is 1.67 bits per heavy atom. The van der Waals surface area contributed by atoms with Gasteiger partial charge in [0.1, 0.15) is 0 Å². The maximum absolute atomic E-state index is 11.4. The second-order valence-electron chi connectivity index (χ2n) is 3.81. The number of carbonyl (C=O) groups excluding carboxylic acids is 1. The zero-order chi connectivity index (χ0) is 10.7. The molecule has 0 radical (unpaired) electrons. The summed E-state index contributed by atoms with van der Waals surface area (Å²) in [5, 5.41) is 7.63. The van der Waals surface area contributed by atoms with E-state index in [4.69, 9.17) is 4.74 Å². The van der Waals surface area contributed by atoms with E-state index in [-0.39, 0.29) is 11.9 Å². The van der Waals surface area contributed by atoms with Crippen LogP contribution in [0.5, 0.6) is 0 Å². The lowest BCUT2D eigenvalue weighted by Gasteiger charge is -2.28. The van der Waals surface area contributed by atoms with Crippen LogP contribution < -0.4 is 5.32 Å². The number of piperidine rings is 1. The molecule has 3 nitrogen and oxygen atoms in total. The van der Waals surface area contributed by atoms with Gasteiger partial charge in [0.15, 0.2) is 0 Å². The van der Waals surface area contributed by atoms with Gasteiger partial charge in [-0.3, -0.25) is 4.79 Å². The van der Waals surface area contributed by atoms with Crippen LogP contribution in [0.15, 0.2) is 16.8 Å². The van der Waals surface area contributed by atoms with Gasteiger partial charge in [-0.25, -0.2) is 0 Å². The lowest BCUT2D eigenvalue weighted by Crippen LogP contribution is -2.35. The Bertz CT molecular complexity index is 323. The molecule has 0 aromatic carbocycles. The number of carbonyl (C=O) groups is 1. The average molecular weight is 225 g/mol. The number of rotatable bonds is 2. The highest BCUT2D eigenvalue weighted by molar-refractivity contribution is 7.07. The van der Waals surface area contributed by atoms with E-state index in [1.54, 1.807) is 11.3 Å². The molecule has 1 aliphatic rings. The zero-order valence-electron chi connectivity index (χ0n) is 8.73. The Hall–Kier alpha value is -0.870. The first kappa shape index (κ1) is 10.6. The summed E-state index contributed by atoms with van der Waals surface area (Å²) in [6.45, 7) is 0.889. The predicted molar refractivity (Wildman–Crippen MR) is 59.8 cm³/mol. The lowest BCUT2D eigenvalue weighted by molar-refractivity contribution is -0.146. The molecule has 0 amide bonds. The van der Waals surface area contributed by atoms with Crippen LogP contribution in [-0.2, 0) is 9.53 Å². The van der Waals surface area contributed by atoms with Crippen LogP contribution in [0, 0.1) is 5.92 Å². The fraction of sp³-hybridized carbons (Fsp3) is 0.545. The fourth-order valence-corrected chi connectivity index (χ4v) is 2.74. The van der Waals surface area contributed by atoms with E-state index in [0.717, 1.165) is 19.4 Å². The molecule has 2 heterocycles. The summed E-state index contributed by atoms with van der Waals surface area (Å²) in [6.07, 6.45) is 1.73. The van der Waals surface area contributed by atoms with Crippen LogP contribution >= 0.6 is 11.3 Å². The normalized spacial score (nSPS) is 26.2. The Kier molecular flexibility index (Phi) is 3.38. The molecule has 1 aromatic heterocycles. The van der Waals surface area contributed by atoms with Gasteiger partial charge >= 0.3 is 5.97 Å². The third-order valence-corrected chi connectivity index (χ3v) is 3.59. The van der Waals surface area contributed by atoms with Crippen LogP contribution in [0.4, 0.5) is 0 Å². The second-order valence-corrected chi connectivity index (χ2v) is 4.59. The summed E-state index contributed by atoms with van der Waals surface area (Å²) in [4.78, 5) is 11.4. The van der Waals surface area contributed by atoms with Gasteiger partial charge in [0, 0.05) is 6.04 Å². The number of hydrogen-bond donors (Lipinski definition) is 1. The summed E-state index contributed by atoms with van der Waals surface area (Å²) in [5.41, 5.74) is 1.29. The predicted octanol–water partition coefficient (Wildman–Crippen LogP) is 1.96. The summed E-state index contributed by atoms with van der Waals surface area (Å²) in [7, 11) is 1.46. The van der Waals surface area contributed by atoms with E-state index < -0.39 is 0 Å². The molecule has 0 saturated carbocycles. The third-order valence-electron chi connectivity index (χ3n) is 2.88. The quantitative estimate of drug-likeness (QED) is 0.782. The van der Waals surface area contributed by atoms with Crippen molar-refractivity contribution in [1.82, 2.24) is 5.32 Å². The third kappa shape index (κ3) is 2.38. The van der Waals surface area contributed by atoms with Crippen molar-refractivity contribution < 1.29 is 9.53 Å². The van der Waals surface area contributed by atoms with Crippen molar-refractivity contribution in [3.8, 4) is 0 Å². The Morgan fingerprint density at radius 2 is 2.53 bits per heavy atom. The minimum atomic E-state index is -0.0725. The van der Waals surface area contributed by atoms with E-state index >= 15 is 0 Å². The molecule has 2 rings (SSSR count). The molecular weight excluding hydrogens is 210 g/mol. The zero-order valence-corrected chi connectivity index (χ0v) is 9.55. The van der Waals surface area contributed by atoms with Crippen LogP contribution in [0.1, 0.15) is 24.4 Å². The molecule has 0 spiro atoms. The molecule has 1 N–H and O–H groups in total. The van der Waals surface area contributed by atoms with Crippen LogP contribution in [0.2, 0.25) is 0 Å². The SMILES string of the molecule is COC(=O)C1CCNC(c2ccsc2)C1. The number of thiophene rings is 1. The Morgan fingerprint density at radius 3 is 3.20 bits per heavy atom. The molecule has 4 heteroatoms. The molecule has 1 fully saturated rings. The van der Waals surface area contributed by atoms with E-state index in [2.05, 4.69) is 22.1 Å². The van der Waals surface area contributed by atoms with Gasteiger partial charge < -0.3 is 10.1 Å². The van der Waals surface area contributed by atoms with Gasteiger partial charge in [-0.1, -0.05) is 0 Å². The monoisotopic (exact) mass is 225 g/mol. The van der Waals surface area contributed by atoms with Gasteiger partial charge in [0.05, 0.1) is 13.0 Å². The van der Waals surface area contributed by atoms with E-state index in [9.17, 15) is 4.79 Å². The van der Waals surface area contributed by atoms with Gasteiger partial charge in [-0.15, -0.1) is 0 Å². The van der Waals surface area contributed by atoms with Gasteiger partial charge in [0.25, 0.3) is 0 Å². The van der Waals surface area contributed by atoms with Gasteiger partial charge in [0.2, 0.25) is 0 Å². The highest BCUT2D eigenvalue weighted by Crippen LogP contribution is 2.28. The first-order chi connectivity index (χ1) is 7.31. The van der Waals surface area contributed by atoms with Crippen LogP contribution in [0.3, 0.4) is 0 Å². The molecule has 1 saturated heterocycles. The van der Waals surface area contributed by atoms with Crippen LogP contribution in [-0.4, -0.2) is 19.6 Å². The summed E-state index contributed by atoms with van der Waals surface area (Å²) >= 11 is 1.69. The van der Waals surface area contributed by atoms with Crippen molar-refractivity contribution >= 4 is 17.3 Å². The maximum atomic E-state index is 11.4. The smallest absolute Gasteiger partial charge is 0.308 e. The summed E-state index contributed by atoms with van der Waals surface area (Å²) in [5.74, 6) is -0.0159. The average Bonchev–Trinajstić information content (AvgIpc) is 2.82. The minimum absolute atomic E-state index is 0.0566. The van der Waals surface area contributed by atoms with E-state index in [0.29, 0.717) is 6.04 Å². The molecule has 1 aliphatic heterocycles. The van der Waals surface area contributed by atoms with Crippen molar-refractivity contribution in [2.45, 2.75) is 18.9 Å². The molecule has 15 heavy (non-hydrogen) atoms. The second kappa shape index (κ2) is 4.77. The molecule has 2 atom stereocenters. The van der Waals surface area contributed by atoms with Crippen molar-refractivity contribution in [3.05, 3.63) is 22.4 Å². The maximum Gasteiger partial charge on any atom is 0.308 e. The summed E-state index contributed by atoms with van der Waals surface area (Å²) in [6, 6.07) is 2.43. The number of hydrogen-bond acceptors (Lipinski definition) is 4. The molecule has 0 aliphatic carbocycles. The van der Waals surface area contributed by atoms with Crippen molar-refractivity contribution in [2.24, 2.45) is 5.92 Å². The molecular formula is C11H15NO2S. The molecule has 1 aromatic rings. The van der Waals surface area contributed by atoms with Crippen molar-refractivity contribution in [3.63, 3.8) is 0 Å². The number of ether oxygens (including phenoxy) is 1. The van der Waals surface area contributed by atoms with Gasteiger partial charge in [-0.2, -0.15) is 11.3 Å². The Labute approximate surface area is 93.4 Å². The molecule has 2 unspecified atom stereocenters. The largest absolute Gasteiger partial charge is 0.469 e. The number of nitrogens with one attached hydrogen (secondary N) is 1. The molecule has 82 valence electrons. The first-order valence-corrected chi connectivity index (χ1v) is 6.09. The number of methoxy groups -OCH3 is 1. The van der Waals surface area contributed by atoms with Gasteiger partial charge in [-0.05, 0) is 41.8 Å². The number of esters is 1. The lowest BCUT2D eigenvalue weighted by atomic mass is 9.90. The van der Waals surface area contributed by atoms with E-state index in [1.165, 1.54) is 12.7 Å². The summed E-state index contributed by atoms with van der Waals surface area (Å²) < 4.78 is 4.79. The topological polar surface area (TPSA) is 38.3 Å². The minimum Gasteiger partial charge on any atom is -0.469 e. The highest BCUT2D eigenvalue weighted by Gasteiger charge is 2.28. The highest BCUT2D eigenvalue weighted by atomic mass is 32.1. The van der Waals surface area contributed by atoms with Crippen molar-refractivity contribution in [1.29, 1.82) is 0 Å². The standard InChI is InChI=1S/C11H15NO2S/c1-14-11(13)8-2-4-12-10(6-8)9-3-5-15-7-9/h3,5,7-8,10,12H,2,4,6H2,1H3. The van der Waals surface area contributed by atoms with Crippen LogP contribution in [0.25, 0.3) is 0 Å². The van der Waals surface area contributed by atoms with E-state index in [1.807, 2.05) is 0 Å². The molecule has 0 bridgehead atoms. The Balaban J connectivity index is 2.01. The fourth-order valence-electron chi connectivity index (χ4n) is 2.03.